The molecule has 0 aliphatic heterocycles. The SMILES string of the molecule is CC(C(=O)O)N(C)C(=O)NCCc1ccc(Cl)cc1Cl. The van der Waals surface area contributed by atoms with E-state index in [0.29, 0.717) is 23.0 Å². The first-order valence-electron chi connectivity index (χ1n) is 6.00. The van der Waals surface area contributed by atoms with Crippen LogP contribution < -0.4 is 5.32 Å². The van der Waals surface area contributed by atoms with Crippen LogP contribution in [0.3, 0.4) is 0 Å². The van der Waals surface area contributed by atoms with Crippen molar-refractivity contribution in [1.82, 2.24) is 10.2 Å². The van der Waals surface area contributed by atoms with E-state index in [9.17, 15) is 9.59 Å². The molecule has 0 bridgehead atoms. The fraction of sp³-hybridized carbons (Fsp3) is 0.385. The number of halogens is 2. The Morgan fingerprint density at radius 2 is 2.05 bits per heavy atom. The molecule has 110 valence electrons. The van der Waals surface area contributed by atoms with Crippen molar-refractivity contribution in [3.05, 3.63) is 33.8 Å². The van der Waals surface area contributed by atoms with Crippen LogP contribution in [0.2, 0.25) is 10.0 Å². The van der Waals surface area contributed by atoms with Gasteiger partial charge in [0.2, 0.25) is 0 Å². The summed E-state index contributed by atoms with van der Waals surface area (Å²) >= 11 is 11.8. The first kappa shape index (κ1) is 16.6. The number of aliphatic carboxylic acids is 1. The fourth-order valence-corrected chi connectivity index (χ4v) is 2.00. The van der Waals surface area contributed by atoms with Gasteiger partial charge in [0.25, 0.3) is 0 Å². The number of carboxylic acids is 1. The molecule has 0 saturated carbocycles. The smallest absolute Gasteiger partial charge is 0.326 e. The van der Waals surface area contributed by atoms with E-state index in [1.807, 2.05) is 0 Å². The molecule has 1 aromatic carbocycles. The van der Waals surface area contributed by atoms with Crippen LogP contribution in [0.5, 0.6) is 0 Å². The monoisotopic (exact) mass is 318 g/mol. The van der Waals surface area contributed by atoms with Gasteiger partial charge in [0.05, 0.1) is 0 Å². The van der Waals surface area contributed by atoms with Crippen molar-refractivity contribution in [2.24, 2.45) is 0 Å². The van der Waals surface area contributed by atoms with E-state index in [1.165, 1.54) is 14.0 Å². The number of rotatable bonds is 5. The molecule has 20 heavy (non-hydrogen) atoms. The van der Waals surface area contributed by atoms with Crippen molar-refractivity contribution in [1.29, 1.82) is 0 Å². The van der Waals surface area contributed by atoms with Gasteiger partial charge >= 0.3 is 12.0 Å². The van der Waals surface area contributed by atoms with Crippen molar-refractivity contribution in [2.75, 3.05) is 13.6 Å². The van der Waals surface area contributed by atoms with Crippen molar-refractivity contribution in [3.8, 4) is 0 Å². The Balaban J connectivity index is 2.48. The van der Waals surface area contributed by atoms with E-state index >= 15 is 0 Å². The van der Waals surface area contributed by atoms with Crippen LogP contribution in [-0.4, -0.2) is 41.6 Å². The molecule has 1 unspecified atom stereocenters. The molecule has 5 nitrogen and oxygen atoms in total. The summed E-state index contributed by atoms with van der Waals surface area (Å²) in [7, 11) is 1.43. The molecule has 1 rings (SSSR count). The highest BCUT2D eigenvalue weighted by Gasteiger charge is 2.21. The van der Waals surface area contributed by atoms with E-state index in [2.05, 4.69) is 5.32 Å². The third-order valence-corrected chi connectivity index (χ3v) is 3.53. The first-order chi connectivity index (χ1) is 9.32. The standard InChI is InChI=1S/C13H16Cl2N2O3/c1-8(12(18)19)17(2)13(20)16-6-5-9-3-4-10(14)7-11(9)15/h3-4,7-8H,5-6H2,1-2H3,(H,16,20)(H,18,19). The van der Waals surface area contributed by atoms with Crippen LogP contribution in [0, 0.1) is 0 Å². The maximum absolute atomic E-state index is 11.7. The largest absolute Gasteiger partial charge is 0.480 e. The summed E-state index contributed by atoms with van der Waals surface area (Å²) in [5.74, 6) is -1.05. The summed E-state index contributed by atoms with van der Waals surface area (Å²) in [5, 5.41) is 12.6. The lowest BCUT2D eigenvalue weighted by molar-refractivity contribution is -0.141. The predicted molar refractivity (Wildman–Crippen MR) is 78.4 cm³/mol. The van der Waals surface area contributed by atoms with E-state index < -0.39 is 18.0 Å². The highest BCUT2D eigenvalue weighted by molar-refractivity contribution is 6.35. The number of amides is 2. The second-order valence-electron chi connectivity index (χ2n) is 4.34. The van der Waals surface area contributed by atoms with Gasteiger partial charge < -0.3 is 15.3 Å². The Kier molecular flexibility index (Phi) is 6.10. The molecule has 1 atom stereocenters. The molecule has 0 radical (unpaired) electrons. The normalized spacial score (nSPS) is 11.8. The number of benzene rings is 1. The summed E-state index contributed by atoms with van der Waals surface area (Å²) in [5.41, 5.74) is 0.866. The van der Waals surface area contributed by atoms with Crippen molar-refractivity contribution >= 4 is 35.2 Å². The van der Waals surface area contributed by atoms with Gasteiger partial charge in [0.15, 0.2) is 0 Å². The Bertz CT molecular complexity index is 508. The maximum atomic E-state index is 11.7. The number of carbonyl (C=O) groups excluding carboxylic acids is 1. The number of hydrogen-bond donors (Lipinski definition) is 2. The van der Waals surface area contributed by atoms with Gasteiger partial charge in [-0.15, -0.1) is 0 Å². The van der Waals surface area contributed by atoms with Gasteiger partial charge in [0.1, 0.15) is 6.04 Å². The number of urea groups is 1. The third kappa shape index (κ3) is 4.58. The second kappa shape index (κ2) is 7.36. The quantitative estimate of drug-likeness (QED) is 0.876. The molecule has 0 aromatic heterocycles. The maximum Gasteiger partial charge on any atom is 0.326 e. The summed E-state index contributed by atoms with van der Waals surface area (Å²) in [6.45, 7) is 1.80. The zero-order valence-electron chi connectivity index (χ0n) is 11.2. The van der Waals surface area contributed by atoms with E-state index in [-0.39, 0.29) is 0 Å². The van der Waals surface area contributed by atoms with Gasteiger partial charge in [-0.2, -0.15) is 0 Å². The summed E-state index contributed by atoms with van der Waals surface area (Å²) in [6.07, 6.45) is 0.539. The molecule has 0 aliphatic rings. The number of nitrogens with one attached hydrogen (secondary N) is 1. The van der Waals surface area contributed by atoms with Crippen LogP contribution in [0.15, 0.2) is 18.2 Å². The molecule has 2 amide bonds. The van der Waals surface area contributed by atoms with E-state index in [0.717, 1.165) is 10.5 Å². The van der Waals surface area contributed by atoms with E-state index in [1.54, 1.807) is 18.2 Å². The Hall–Kier alpha value is -1.46. The lowest BCUT2D eigenvalue weighted by atomic mass is 10.1. The van der Waals surface area contributed by atoms with Gasteiger partial charge in [-0.3, -0.25) is 0 Å². The minimum atomic E-state index is -1.05. The molecule has 0 fully saturated rings. The van der Waals surface area contributed by atoms with Crippen LogP contribution in [-0.2, 0) is 11.2 Å². The molecule has 1 aromatic rings. The Morgan fingerprint density at radius 3 is 2.60 bits per heavy atom. The van der Waals surface area contributed by atoms with Crippen LogP contribution in [0.25, 0.3) is 0 Å². The van der Waals surface area contributed by atoms with Crippen LogP contribution in [0.4, 0.5) is 4.79 Å². The highest BCUT2D eigenvalue weighted by Crippen LogP contribution is 2.21. The predicted octanol–water partition coefficient (Wildman–Crippen LogP) is 2.65. The Morgan fingerprint density at radius 1 is 1.40 bits per heavy atom. The summed E-state index contributed by atoms with van der Waals surface area (Å²) < 4.78 is 0. The second-order valence-corrected chi connectivity index (χ2v) is 5.19. The molecular formula is C13H16Cl2N2O3. The number of likely N-dealkylation sites (N-methyl/N-ethyl adjacent to an activating group) is 1. The van der Waals surface area contributed by atoms with Crippen molar-refractivity contribution < 1.29 is 14.7 Å². The molecule has 0 spiro atoms. The van der Waals surface area contributed by atoms with Crippen LogP contribution in [0.1, 0.15) is 12.5 Å². The van der Waals surface area contributed by atoms with Crippen molar-refractivity contribution in [3.63, 3.8) is 0 Å². The zero-order chi connectivity index (χ0) is 15.3. The molecule has 2 N–H and O–H groups in total. The molecular weight excluding hydrogens is 303 g/mol. The minimum Gasteiger partial charge on any atom is -0.480 e. The lowest BCUT2D eigenvalue weighted by Gasteiger charge is -2.21. The summed E-state index contributed by atoms with van der Waals surface area (Å²) in [6, 6.07) is 3.84. The third-order valence-electron chi connectivity index (χ3n) is 2.94. The average Bonchev–Trinajstić information content (AvgIpc) is 2.39. The number of carboxylic acid groups (broad SMARTS) is 1. The number of carbonyl (C=O) groups is 2. The van der Waals surface area contributed by atoms with E-state index in [4.69, 9.17) is 28.3 Å². The fourth-order valence-electron chi connectivity index (χ4n) is 1.49. The Labute approximate surface area is 127 Å². The summed E-state index contributed by atoms with van der Waals surface area (Å²) in [4.78, 5) is 23.6. The lowest BCUT2D eigenvalue weighted by Crippen LogP contribution is -2.46. The number of hydrogen-bond acceptors (Lipinski definition) is 2. The zero-order valence-corrected chi connectivity index (χ0v) is 12.7. The first-order valence-corrected chi connectivity index (χ1v) is 6.76. The molecule has 7 heteroatoms. The van der Waals surface area contributed by atoms with Crippen LogP contribution >= 0.6 is 23.2 Å². The highest BCUT2D eigenvalue weighted by atomic mass is 35.5. The van der Waals surface area contributed by atoms with Crippen molar-refractivity contribution in [2.45, 2.75) is 19.4 Å². The topological polar surface area (TPSA) is 69.6 Å². The number of nitrogens with zero attached hydrogens (tertiary/aromatic N) is 1. The van der Waals surface area contributed by atoms with Gasteiger partial charge in [-0.1, -0.05) is 29.3 Å². The average molecular weight is 319 g/mol. The van der Waals surface area contributed by atoms with Gasteiger partial charge in [-0.05, 0) is 31.0 Å². The molecule has 0 heterocycles. The minimum absolute atomic E-state index is 0.358. The molecule has 0 aliphatic carbocycles. The van der Waals surface area contributed by atoms with Gasteiger partial charge in [0, 0.05) is 23.6 Å². The molecule has 0 saturated heterocycles. The van der Waals surface area contributed by atoms with Gasteiger partial charge in [-0.25, -0.2) is 9.59 Å².